The Bertz CT molecular complexity index is 542. The van der Waals surface area contributed by atoms with Crippen LogP contribution in [-0.2, 0) is 11.2 Å². The van der Waals surface area contributed by atoms with Gasteiger partial charge in [-0.05, 0) is 31.9 Å². The number of rotatable bonds is 3. The third kappa shape index (κ3) is 1.98. The molecule has 0 saturated carbocycles. The van der Waals surface area contributed by atoms with Crippen LogP contribution in [0.25, 0.3) is 10.9 Å². The molecular weight excluding hydrogens is 222 g/mol. The predicted octanol–water partition coefficient (Wildman–Crippen LogP) is 3.65. The molecule has 2 aromatic rings. The first kappa shape index (κ1) is 11.2. The number of carbonyl (C=O) groups excluding carboxylic acids is 1. The maximum Gasteiger partial charge on any atom is 0.130 e. The molecule has 1 aromatic carbocycles. The number of Topliss-reactive ketones (excluding diaryl/α,β-unsaturated/α-hetero) is 1. The number of aromatic nitrogens is 1. The van der Waals surface area contributed by atoms with Gasteiger partial charge in [0.15, 0.2) is 0 Å². The summed E-state index contributed by atoms with van der Waals surface area (Å²) in [5.41, 5.74) is 3.28. The average molecular weight is 236 g/mol. The fraction of sp³-hybridized carbons (Fsp3) is 0.308. The van der Waals surface area contributed by atoms with Gasteiger partial charge in [-0.2, -0.15) is 0 Å². The van der Waals surface area contributed by atoms with Crippen molar-refractivity contribution in [3.8, 4) is 0 Å². The van der Waals surface area contributed by atoms with Gasteiger partial charge in [0.2, 0.25) is 0 Å². The summed E-state index contributed by atoms with van der Waals surface area (Å²) in [6.07, 6.45) is 1.36. The van der Waals surface area contributed by atoms with Gasteiger partial charge in [-0.1, -0.05) is 23.7 Å². The molecule has 0 spiro atoms. The number of hydrogen-bond donors (Lipinski definition) is 1. The first-order valence-corrected chi connectivity index (χ1v) is 5.72. The Morgan fingerprint density at radius 3 is 2.88 bits per heavy atom. The smallest absolute Gasteiger partial charge is 0.130 e. The van der Waals surface area contributed by atoms with Crippen molar-refractivity contribution in [2.24, 2.45) is 0 Å². The van der Waals surface area contributed by atoms with E-state index in [0.29, 0.717) is 6.42 Å². The average Bonchev–Trinajstić information content (AvgIpc) is 2.53. The van der Waals surface area contributed by atoms with E-state index in [-0.39, 0.29) is 5.78 Å². The van der Waals surface area contributed by atoms with Crippen LogP contribution in [0, 0.1) is 6.92 Å². The zero-order valence-corrected chi connectivity index (χ0v) is 10.2. The number of hydrogen-bond acceptors (Lipinski definition) is 1. The maximum atomic E-state index is 11.0. The minimum absolute atomic E-state index is 0.218. The number of H-pyrrole nitrogens is 1. The predicted molar refractivity (Wildman–Crippen MR) is 67.0 cm³/mol. The lowest BCUT2D eigenvalue weighted by Crippen LogP contribution is -1.94. The number of ketones is 1. The minimum atomic E-state index is 0.218. The van der Waals surface area contributed by atoms with Crippen LogP contribution in [0.1, 0.15) is 24.6 Å². The number of nitrogens with one attached hydrogen (secondary N) is 1. The summed E-state index contributed by atoms with van der Waals surface area (Å²) < 4.78 is 0. The molecule has 1 aromatic heterocycles. The second-order valence-electron chi connectivity index (χ2n) is 4.09. The number of benzene rings is 1. The van der Waals surface area contributed by atoms with Crippen LogP contribution in [0.2, 0.25) is 5.02 Å². The van der Waals surface area contributed by atoms with Crippen LogP contribution >= 0.6 is 11.6 Å². The molecule has 0 aliphatic carbocycles. The van der Waals surface area contributed by atoms with Gasteiger partial charge in [-0.3, -0.25) is 0 Å². The molecule has 3 heteroatoms. The molecular formula is C13H14ClNO. The lowest BCUT2D eigenvalue weighted by Gasteiger charge is -1.99. The van der Waals surface area contributed by atoms with E-state index < -0.39 is 0 Å². The van der Waals surface area contributed by atoms with Crippen molar-refractivity contribution >= 4 is 28.3 Å². The van der Waals surface area contributed by atoms with Crippen LogP contribution in [-0.4, -0.2) is 10.8 Å². The Hall–Kier alpha value is -1.28. The summed E-state index contributed by atoms with van der Waals surface area (Å²) in [6.45, 7) is 3.64. The fourth-order valence-electron chi connectivity index (χ4n) is 1.99. The highest BCUT2D eigenvalue weighted by molar-refractivity contribution is 6.35. The quantitative estimate of drug-likeness (QED) is 0.866. The van der Waals surface area contributed by atoms with Crippen LogP contribution in [0.15, 0.2) is 18.2 Å². The minimum Gasteiger partial charge on any atom is -0.357 e. The Labute approximate surface area is 99.6 Å². The van der Waals surface area contributed by atoms with Crippen molar-refractivity contribution in [3.63, 3.8) is 0 Å². The highest BCUT2D eigenvalue weighted by atomic mass is 35.5. The van der Waals surface area contributed by atoms with Crippen molar-refractivity contribution < 1.29 is 4.79 Å². The number of carbonyl (C=O) groups is 1. The van der Waals surface area contributed by atoms with Crippen LogP contribution in [0.4, 0.5) is 0 Å². The Morgan fingerprint density at radius 2 is 2.19 bits per heavy atom. The summed E-state index contributed by atoms with van der Waals surface area (Å²) in [4.78, 5) is 14.3. The molecule has 0 amide bonds. The van der Waals surface area contributed by atoms with Crippen LogP contribution < -0.4 is 0 Å². The van der Waals surface area contributed by atoms with E-state index >= 15 is 0 Å². The SMILES string of the molecule is CC(=O)CCc1c(C)[nH]c2c(Cl)cccc12. The number of fused-ring (bicyclic) bond motifs is 1. The highest BCUT2D eigenvalue weighted by Gasteiger charge is 2.10. The lowest BCUT2D eigenvalue weighted by atomic mass is 10.0. The number of halogens is 1. The molecule has 16 heavy (non-hydrogen) atoms. The molecule has 1 N–H and O–H groups in total. The molecule has 2 nitrogen and oxygen atoms in total. The first-order valence-electron chi connectivity index (χ1n) is 5.34. The molecule has 84 valence electrons. The van der Waals surface area contributed by atoms with E-state index in [1.54, 1.807) is 6.92 Å². The topological polar surface area (TPSA) is 32.9 Å². The van der Waals surface area contributed by atoms with E-state index in [2.05, 4.69) is 4.98 Å². The van der Waals surface area contributed by atoms with Gasteiger partial charge in [0.1, 0.15) is 5.78 Å². The molecule has 0 bridgehead atoms. The molecule has 0 fully saturated rings. The summed E-state index contributed by atoms with van der Waals surface area (Å²) in [7, 11) is 0. The van der Waals surface area contributed by atoms with Gasteiger partial charge in [0.25, 0.3) is 0 Å². The second kappa shape index (κ2) is 4.30. The van der Waals surface area contributed by atoms with Gasteiger partial charge in [0.05, 0.1) is 10.5 Å². The largest absolute Gasteiger partial charge is 0.357 e. The van der Waals surface area contributed by atoms with Crippen molar-refractivity contribution in [1.29, 1.82) is 0 Å². The van der Waals surface area contributed by atoms with Crippen LogP contribution in [0.3, 0.4) is 0 Å². The first-order chi connectivity index (χ1) is 7.59. The summed E-state index contributed by atoms with van der Waals surface area (Å²) in [6, 6.07) is 5.85. The molecule has 0 saturated heterocycles. The van der Waals surface area contributed by atoms with Crippen molar-refractivity contribution in [2.75, 3.05) is 0 Å². The maximum absolute atomic E-state index is 11.0. The second-order valence-corrected chi connectivity index (χ2v) is 4.50. The number of para-hydroxylation sites is 1. The summed E-state index contributed by atoms with van der Waals surface area (Å²) in [5.74, 6) is 0.218. The standard InChI is InChI=1S/C13H14ClNO/c1-8(16)6-7-10-9(2)15-13-11(10)4-3-5-12(13)14/h3-5,15H,6-7H2,1-2H3. The van der Waals surface area contributed by atoms with E-state index in [1.807, 2.05) is 25.1 Å². The zero-order valence-electron chi connectivity index (χ0n) is 9.43. The lowest BCUT2D eigenvalue weighted by molar-refractivity contribution is -0.116. The normalized spacial score (nSPS) is 10.9. The molecule has 0 aliphatic rings. The molecule has 0 unspecified atom stereocenters. The molecule has 0 atom stereocenters. The van der Waals surface area contributed by atoms with E-state index in [9.17, 15) is 4.79 Å². The van der Waals surface area contributed by atoms with Gasteiger partial charge in [-0.15, -0.1) is 0 Å². The third-order valence-electron chi connectivity index (χ3n) is 2.83. The van der Waals surface area contributed by atoms with E-state index in [0.717, 1.165) is 28.0 Å². The monoisotopic (exact) mass is 235 g/mol. The van der Waals surface area contributed by atoms with Crippen molar-refractivity contribution in [3.05, 3.63) is 34.5 Å². The zero-order chi connectivity index (χ0) is 11.7. The summed E-state index contributed by atoms with van der Waals surface area (Å²) in [5, 5.41) is 1.86. The number of aryl methyl sites for hydroxylation is 2. The van der Waals surface area contributed by atoms with Gasteiger partial charge in [0, 0.05) is 17.5 Å². The van der Waals surface area contributed by atoms with Crippen LogP contribution in [0.5, 0.6) is 0 Å². The van der Waals surface area contributed by atoms with Crippen molar-refractivity contribution in [1.82, 2.24) is 4.98 Å². The Kier molecular flexibility index (Phi) is 3.01. The highest BCUT2D eigenvalue weighted by Crippen LogP contribution is 2.28. The van der Waals surface area contributed by atoms with E-state index in [4.69, 9.17) is 11.6 Å². The Balaban J connectivity index is 2.48. The van der Waals surface area contributed by atoms with Gasteiger partial charge >= 0.3 is 0 Å². The van der Waals surface area contributed by atoms with E-state index in [1.165, 1.54) is 5.56 Å². The van der Waals surface area contributed by atoms with Crippen molar-refractivity contribution in [2.45, 2.75) is 26.7 Å². The molecule has 0 aliphatic heterocycles. The van der Waals surface area contributed by atoms with Gasteiger partial charge < -0.3 is 9.78 Å². The third-order valence-corrected chi connectivity index (χ3v) is 3.15. The number of aromatic amines is 1. The summed E-state index contributed by atoms with van der Waals surface area (Å²) >= 11 is 6.11. The Morgan fingerprint density at radius 1 is 1.44 bits per heavy atom. The molecule has 0 radical (unpaired) electrons. The molecule has 1 heterocycles. The molecule has 2 rings (SSSR count). The fourth-order valence-corrected chi connectivity index (χ4v) is 2.21. The van der Waals surface area contributed by atoms with Gasteiger partial charge in [-0.25, -0.2) is 0 Å².